The summed E-state index contributed by atoms with van der Waals surface area (Å²) in [6.07, 6.45) is 9.33. The highest BCUT2D eigenvalue weighted by molar-refractivity contribution is 5.95. The fraction of sp³-hybridized carbons (Fsp3) is 0.543. The Labute approximate surface area is 288 Å². The van der Waals surface area contributed by atoms with Crippen LogP contribution in [-0.4, -0.2) is 94.7 Å². The SMILES string of the molecule is CCc1c(N2CCN(C(=O)c3ncnc(C)c3O)[C@H]3CC[C@@H]32)c(=O)c2nn(-c3ccnc(OC)c3)nc2n1CC(=O)NC1CC2(CC(C)C2)C1. The summed E-state index contributed by atoms with van der Waals surface area (Å²) in [4.78, 5) is 59.4. The molecule has 8 rings (SSSR count). The van der Waals surface area contributed by atoms with E-state index in [1.807, 2.05) is 11.5 Å². The molecule has 262 valence electrons. The van der Waals surface area contributed by atoms with Gasteiger partial charge in [0.15, 0.2) is 22.6 Å². The molecule has 4 aromatic rings. The number of anilines is 1. The lowest BCUT2D eigenvalue weighted by atomic mass is 9.50. The zero-order valence-corrected chi connectivity index (χ0v) is 28.8. The van der Waals surface area contributed by atoms with Crippen LogP contribution in [0.2, 0.25) is 0 Å². The summed E-state index contributed by atoms with van der Waals surface area (Å²) in [7, 11) is 1.52. The molecule has 1 aliphatic heterocycles. The van der Waals surface area contributed by atoms with E-state index in [1.54, 1.807) is 30.2 Å². The van der Waals surface area contributed by atoms with Crippen molar-refractivity contribution in [3.05, 3.63) is 52.0 Å². The molecule has 15 nitrogen and oxygen atoms in total. The van der Waals surface area contributed by atoms with Gasteiger partial charge in [0, 0.05) is 43.1 Å². The van der Waals surface area contributed by atoms with Crippen LogP contribution in [0, 0.1) is 18.3 Å². The normalized spacial score (nSPS) is 25.4. The minimum atomic E-state index is -0.354. The maximum Gasteiger partial charge on any atom is 0.276 e. The van der Waals surface area contributed by atoms with E-state index >= 15 is 0 Å². The average Bonchev–Trinajstić information content (AvgIpc) is 3.52. The lowest BCUT2D eigenvalue weighted by Gasteiger charge is -2.57. The molecule has 0 unspecified atom stereocenters. The second kappa shape index (κ2) is 12.1. The van der Waals surface area contributed by atoms with E-state index in [0.29, 0.717) is 59.2 Å². The maximum atomic E-state index is 14.5. The monoisotopic (exact) mass is 682 g/mol. The highest BCUT2D eigenvalue weighted by atomic mass is 16.5. The van der Waals surface area contributed by atoms with E-state index in [2.05, 4.69) is 37.2 Å². The molecule has 4 aliphatic rings. The first-order valence-electron chi connectivity index (χ1n) is 17.5. The second-order valence-corrected chi connectivity index (χ2v) is 14.5. The molecule has 0 bridgehead atoms. The van der Waals surface area contributed by atoms with Crippen LogP contribution in [-0.2, 0) is 17.8 Å². The van der Waals surface area contributed by atoms with Gasteiger partial charge in [-0.3, -0.25) is 14.4 Å². The third-order valence-corrected chi connectivity index (χ3v) is 11.3. The summed E-state index contributed by atoms with van der Waals surface area (Å²) < 4.78 is 7.15. The Morgan fingerprint density at radius 1 is 1.08 bits per heavy atom. The van der Waals surface area contributed by atoms with Gasteiger partial charge in [0.05, 0.1) is 24.5 Å². The van der Waals surface area contributed by atoms with Crippen LogP contribution >= 0.6 is 0 Å². The van der Waals surface area contributed by atoms with Crippen molar-refractivity contribution in [1.29, 1.82) is 0 Å². The van der Waals surface area contributed by atoms with Gasteiger partial charge in [-0.2, -0.15) is 0 Å². The van der Waals surface area contributed by atoms with Gasteiger partial charge in [-0.05, 0) is 69.3 Å². The number of hydrogen-bond donors (Lipinski definition) is 2. The number of carbonyl (C=O) groups excluding carboxylic acids is 2. The lowest BCUT2D eigenvalue weighted by Crippen LogP contribution is -2.67. The zero-order chi connectivity index (χ0) is 34.9. The number of methoxy groups -OCH3 is 1. The number of ether oxygens (including phenoxy) is 1. The molecule has 5 heterocycles. The number of rotatable bonds is 8. The van der Waals surface area contributed by atoms with Crippen molar-refractivity contribution in [2.75, 3.05) is 25.1 Å². The Kier molecular flexibility index (Phi) is 7.75. The Morgan fingerprint density at radius 3 is 2.56 bits per heavy atom. The molecular weight excluding hydrogens is 640 g/mol. The Balaban J connectivity index is 1.15. The summed E-state index contributed by atoms with van der Waals surface area (Å²) in [5, 5.41) is 23.3. The van der Waals surface area contributed by atoms with Crippen LogP contribution in [0.4, 0.5) is 5.69 Å². The maximum absolute atomic E-state index is 14.5. The zero-order valence-electron chi connectivity index (χ0n) is 28.8. The van der Waals surface area contributed by atoms with Crippen molar-refractivity contribution >= 4 is 28.7 Å². The fourth-order valence-corrected chi connectivity index (χ4v) is 8.99. The van der Waals surface area contributed by atoms with Gasteiger partial charge in [0.1, 0.15) is 18.6 Å². The molecular formula is C35H42N10O5. The molecule has 0 aromatic carbocycles. The molecule has 1 spiro atoms. The molecule has 3 saturated carbocycles. The quantitative estimate of drug-likeness (QED) is 0.280. The molecule has 2 amide bonds. The summed E-state index contributed by atoms with van der Waals surface area (Å²) in [5.41, 5.74) is 2.67. The predicted molar refractivity (Wildman–Crippen MR) is 182 cm³/mol. The number of aryl methyl sites for hydroxylation is 1. The number of pyridine rings is 2. The lowest BCUT2D eigenvalue weighted by molar-refractivity contribution is -0.126. The number of carbonyl (C=O) groups is 2. The number of nitrogens with zero attached hydrogens (tertiary/aromatic N) is 9. The fourth-order valence-electron chi connectivity index (χ4n) is 8.99. The first-order chi connectivity index (χ1) is 24.1. The number of aromatic hydroxyl groups is 1. The number of hydrogen-bond acceptors (Lipinski definition) is 11. The van der Waals surface area contributed by atoms with E-state index < -0.39 is 0 Å². The standard InChI is InChI=1S/C35H42N10O5/c1-5-23-30(42-10-11-43(25-7-6-24(25)42)34(49)29-31(47)20(3)37-18-38-29)32(48)28-33(41-45(40-28)22-8-9-36-27(12-22)50-4)44(23)17-26(46)39-21-15-35(16-21)13-19(2)14-35/h8-9,12,18-19,21,24-25,47H,5-7,10-11,13-17H2,1-4H3,(H,39,46)/t19?,21?,24-,25-,35?/m0/s1. The third-order valence-electron chi connectivity index (χ3n) is 11.3. The molecule has 3 aliphatic carbocycles. The summed E-state index contributed by atoms with van der Waals surface area (Å²) >= 11 is 0. The molecule has 2 N–H and O–H groups in total. The highest BCUT2D eigenvalue weighted by Crippen LogP contribution is 2.58. The van der Waals surface area contributed by atoms with Gasteiger partial charge in [0.25, 0.3) is 5.91 Å². The van der Waals surface area contributed by atoms with Gasteiger partial charge >= 0.3 is 0 Å². The number of piperazine rings is 1. The summed E-state index contributed by atoms with van der Waals surface area (Å²) in [6.45, 7) is 6.59. The van der Waals surface area contributed by atoms with E-state index in [0.717, 1.165) is 31.6 Å². The molecule has 1 saturated heterocycles. The molecule has 2 atom stereocenters. The second-order valence-electron chi connectivity index (χ2n) is 14.5. The van der Waals surface area contributed by atoms with Crippen LogP contribution < -0.4 is 20.4 Å². The molecule has 4 aromatic heterocycles. The highest BCUT2D eigenvalue weighted by Gasteiger charge is 2.52. The van der Waals surface area contributed by atoms with Crippen LogP contribution in [0.25, 0.3) is 16.9 Å². The van der Waals surface area contributed by atoms with Crippen molar-refractivity contribution in [2.24, 2.45) is 11.3 Å². The van der Waals surface area contributed by atoms with Crippen LogP contribution in [0.3, 0.4) is 0 Å². The molecule has 50 heavy (non-hydrogen) atoms. The van der Waals surface area contributed by atoms with Crippen molar-refractivity contribution in [3.63, 3.8) is 0 Å². The Morgan fingerprint density at radius 2 is 1.86 bits per heavy atom. The largest absolute Gasteiger partial charge is 0.504 e. The van der Waals surface area contributed by atoms with Gasteiger partial charge in [-0.25, -0.2) is 15.0 Å². The van der Waals surface area contributed by atoms with Crippen LogP contribution in [0.15, 0.2) is 29.5 Å². The Bertz CT molecular complexity index is 2060. The van der Waals surface area contributed by atoms with Crippen LogP contribution in [0.1, 0.15) is 74.2 Å². The van der Waals surface area contributed by atoms with Gasteiger partial charge < -0.3 is 29.5 Å². The minimum absolute atomic E-state index is 0.00982. The summed E-state index contributed by atoms with van der Waals surface area (Å²) in [5.74, 6) is 0.437. The first kappa shape index (κ1) is 32.1. The average molecular weight is 683 g/mol. The minimum Gasteiger partial charge on any atom is -0.504 e. The predicted octanol–water partition coefficient (Wildman–Crippen LogP) is 2.54. The van der Waals surface area contributed by atoms with Crippen molar-refractivity contribution in [3.8, 4) is 17.3 Å². The van der Waals surface area contributed by atoms with E-state index in [9.17, 15) is 19.5 Å². The van der Waals surface area contributed by atoms with E-state index in [-0.39, 0.29) is 58.9 Å². The van der Waals surface area contributed by atoms with Crippen molar-refractivity contribution in [1.82, 2.24) is 44.7 Å². The van der Waals surface area contributed by atoms with Crippen LogP contribution in [0.5, 0.6) is 11.6 Å². The van der Waals surface area contributed by atoms with Gasteiger partial charge in [-0.15, -0.1) is 15.0 Å². The molecule has 15 heteroatoms. The van der Waals surface area contributed by atoms with Crippen molar-refractivity contribution < 1.29 is 19.4 Å². The number of aromatic nitrogens is 7. The Hall–Kier alpha value is -5.08. The third kappa shape index (κ3) is 5.16. The van der Waals surface area contributed by atoms with E-state index in [4.69, 9.17) is 9.84 Å². The number of fused-ring (bicyclic) bond motifs is 2. The number of nitrogens with one attached hydrogen (secondary N) is 1. The molecule has 4 fully saturated rings. The smallest absolute Gasteiger partial charge is 0.276 e. The van der Waals surface area contributed by atoms with Crippen molar-refractivity contribution in [2.45, 2.75) is 90.4 Å². The van der Waals surface area contributed by atoms with Gasteiger partial charge in [0.2, 0.25) is 17.2 Å². The number of amides is 2. The first-order valence-corrected chi connectivity index (χ1v) is 17.5. The topological polar surface area (TPSA) is 173 Å². The van der Waals surface area contributed by atoms with Gasteiger partial charge in [-0.1, -0.05) is 13.8 Å². The summed E-state index contributed by atoms with van der Waals surface area (Å²) in [6, 6.07) is 3.24. The molecule has 0 radical (unpaired) electrons. The van der Waals surface area contributed by atoms with E-state index in [1.165, 1.54) is 31.1 Å².